The van der Waals surface area contributed by atoms with Crippen LogP contribution in [0.2, 0.25) is 0 Å². The SMILES string of the molecule is CCCCCCCCCCCCCCSCB(O)O. The molecule has 4 heteroatoms. The van der Waals surface area contributed by atoms with Gasteiger partial charge >= 0.3 is 7.12 Å². The number of hydrogen-bond acceptors (Lipinski definition) is 3. The van der Waals surface area contributed by atoms with Crippen molar-refractivity contribution in [1.29, 1.82) is 0 Å². The average Bonchev–Trinajstić information content (AvgIpc) is 2.39. The fraction of sp³-hybridized carbons (Fsp3) is 1.00. The van der Waals surface area contributed by atoms with Gasteiger partial charge in [0.15, 0.2) is 0 Å². The van der Waals surface area contributed by atoms with E-state index in [9.17, 15) is 0 Å². The molecule has 0 aromatic rings. The van der Waals surface area contributed by atoms with E-state index in [4.69, 9.17) is 10.0 Å². The molecular formula is C15H33BO2S. The lowest BCUT2D eigenvalue weighted by Crippen LogP contribution is -2.14. The van der Waals surface area contributed by atoms with E-state index in [1.54, 1.807) is 11.8 Å². The Morgan fingerprint density at radius 3 is 1.53 bits per heavy atom. The van der Waals surface area contributed by atoms with Crippen molar-refractivity contribution in [2.24, 2.45) is 0 Å². The van der Waals surface area contributed by atoms with Gasteiger partial charge in [-0.05, 0) is 12.2 Å². The van der Waals surface area contributed by atoms with Crippen molar-refractivity contribution in [1.82, 2.24) is 0 Å². The van der Waals surface area contributed by atoms with Gasteiger partial charge < -0.3 is 10.0 Å². The van der Waals surface area contributed by atoms with Crippen LogP contribution in [0.3, 0.4) is 0 Å². The molecular weight excluding hydrogens is 255 g/mol. The van der Waals surface area contributed by atoms with Crippen LogP contribution in [0.4, 0.5) is 0 Å². The lowest BCUT2D eigenvalue weighted by molar-refractivity contribution is 0.415. The lowest BCUT2D eigenvalue weighted by atomic mass is 9.98. The Labute approximate surface area is 124 Å². The smallest absolute Gasteiger partial charge is 0.427 e. The van der Waals surface area contributed by atoms with Crippen molar-refractivity contribution >= 4 is 18.9 Å². The zero-order chi connectivity index (χ0) is 14.2. The molecule has 19 heavy (non-hydrogen) atoms. The third-order valence-corrected chi connectivity index (χ3v) is 4.52. The first-order chi connectivity index (χ1) is 9.27. The molecule has 0 aliphatic carbocycles. The second kappa shape index (κ2) is 16.4. The van der Waals surface area contributed by atoms with Crippen LogP contribution in [0, 0.1) is 0 Å². The molecule has 0 aromatic carbocycles. The molecule has 2 nitrogen and oxygen atoms in total. The minimum Gasteiger partial charge on any atom is -0.427 e. The van der Waals surface area contributed by atoms with Crippen molar-refractivity contribution in [2.75, 3.05) is 11.4 Å². The molecule has 0 aromatic heterocycles. The molecule has 0 aliphatic heterocycles. The van der Waals surface area contributed by atoms with Crippen molar-refractivity contribution in [3.05, 3.63) is 0 Å². The highest BCUT2D eigenvalue weighted by atomic mass is 32.2. The van der Waals surface area contributed by atoms with Gasteiger partial charge in [0.2, 0.25) is 0 Å². The van der Waals surface area contributed by atoms with Crippen LogP contribution in [0.25, 0.3) is 0 Å². The van der Waals surface area contributed by atoms with Gasteiger partial charge in [-0.25, -0.2) is 0 Å². The first-order valence-corrected chi connectivity index (χ1v) is 9.36. The highest BCUT2D eigenvalue weighted by Crippen LogP contribution is 2.13. The molecule has 0 unspecified atom stereocenters. The molecule has 0 radical (unpaired) electrons. The van der Waals surface area contributed by atoms with Gasteiger partial charge in [0, 0.05) is 5.65 Å². The second-order valence-electron chi connectivity index (χ2n) is 5.44. The Morgan fingerprint density at radius 1 is 0.684 bits per heavy atom. The summed E-state index contributed by atoms with van der Waals surface area (Å²) < 4.78 is 0. The zero-order valence-electron chi connectivity index (χ0n) is 12.8. The van der Waals surface area contributed by atoms with E-state index in [0.717, 1.165) is 5.75 Å². The maximum absolute atomic E-state index is 8.68. The molecule has 0 rings (SSSR count). The van der Waals surface area contributed by atoms with Crippen molar-refractivity contribution < 1.29 is 10.0 Å². The largest absolute Gasteiger partial charge is 0.461 e. The molecule has 0 saturated carbocycles. The lowest BCUT2D eigenvalue weighted by Gasteiger charge is -2.03. The van der Waals surface area contributed by atoms with E-state index in [2.05, 4.69) is 6.92 Å². The van der Waals surface area contributed by atoms with E-state index in [-0.39, 0.29) is 0 Å². The summed E-state index contributed by atoms with van der Waals surface area (Å²) in [5.41, 5.74) is 0.456. The summed E-state index contributed by atoms with van der Waals surface area (Å²) in [6, 6.07) is 0. The Morgan fingerprint density at radius 2 is 1.11 bits per heavy atom. The topological polar surface area (TPSA) is 40.5 Å². The Balaban J connectivity index is 2.91. The number of hydrogen-bond donors (Lipinski definition) is 2. The Hall–Kier alpha value is 0.335. The van der Waals surface area contributed by atoms with Crippen LogP contribution in [0.1, 0.15) is 84.0 Å². The molecule has 0 aliphatic rings. The molecule has 0 fully saturated rings. The molecule has 2 N–H and O–H groups in total. The zero-order valence-corrected chi connectivity index (χ0v) is 13.6. The summed E-state index contributed by atoms with van der Waals surface area (Å²) in [7, 11) is -1.14. The van der Waals surface area contributed by atoms with Gasteiger partial charge in [0.1, 0.15) is 0 Å². The summed E-state index contributed by atoms with van der Waals surface area (Å²) in [6.45, 7) is 2.27. The van der Waals surface area contributed by atoms with Gasteiger partial charge in [-0.1, -0.05) is 77.6 Å². The minimum absolute atomic E-state index is 0.456. The number of unbranched alkanes of at least 4 members (excludes halogenated alkanes) is 11. The van der Waals surface area contributed by atoms with E-state index < -0.39 is 7.12 Å². The normalized spacial score (nSPS) is 10.9. The summed E-state index contributed by atoms with van der Waals surface area (Å²) >= 11 is 1.64. The number of thioether (sulfide) groups is 1. The third-order valence-electron chi connectivity index (χ3n) is 3.41. The molecule has 0 saturated heterocycles. The molecule has 0 spiro atoms. The first kappa shape index (κ1) is 19.3. The minimum atomic E-state index is -1.14. The summed E-state index contributed by atoms with van der Waals surface area (Å²) in [4.78, 5) is 0. The van der Waals surface area contributed by atoms with E-state index in [1.807, 2.05) is 0 Å². The fourth-order valence-corrected chi connectivity index (χ4v) is 3.02. The van der Waals surface area contributed by atoms with Gasteiger partial charge in [-0.2, -0.15) is 11.8 Å². The second-order valence-corrected chi connectivity index (χ2v) is 6.59. The molecule has 114 valence electrons. The van der Waals surface area contributed by atoms with Crippen LogP contribution in [0.5, 0.6) is 0 Å². The van der Waals surface area contributed by atoms with Crippen molar-refractivity contribution in [3.8, 4) is 0 Å². The summed E-state index contributed by atoms with van der Waals surface area (Å²) in [5, 5.41) is 17.4. The van der Waals surface area contributed by atoms with Crippen LogP contribution >= 0.6 is 11.8 Å². The van der Waals surface area contributed by atoms with Crippen molar-refractivity contribution in [3.63, 3.8) is 0 Å². The van der Waals surface area contributed by atoms with Crippen LogP contribution in [0.15, 0.2) is 0 Å². The molecule has 0 atom stereocenters. The van der Waals surface area contributed by atoms with Gasteiger partial charge in [-0.3, -0.25) is 0 Å². The van der Waals surface area contributed by atoms with Crippen molar-refractivity contribution in [2.45, 2.75) is 84.0 Å². The summed E-state index contributed by atoms with van der Waals surface area (Å²) in [5.74, 6) is 1.06. The first-order valence-electron chi connectivity index (χ1n) is 8.21. The number of rotatable bonds is 15. The maximum atomic E-state index is 8.68. The van der Waals surface area contributed by atoms with Gasteiger partial charge in [0.05, 0.1) is 0 Å². The molecule has 0 bridgehead atoms. The predicted octanol–water partition coefficient (Wildman–Crippen LogP) is 4.43. The van der Waals surface area contributed by atoms with E-state index >= 15 is 0 Å². The van der Waals surface area contributed by atoms with Gasteiger partial charge in [0.25, 0.3) is 0 Å². The Bertz CT molecular complexity index is 168. The van der Waals surface area contributed by atoms with Crippen LogP contribution in [-0.2, 0) is 0 Å². The molecule has 0 amide bonds. The maximum Gasteiger partial charge on any atom is 0.461 e. The van der Waals surface area contributed by atoms with Crippen LogP contribution in [-0.4, -0.2) is 28.6 Å². The monoisotopic (exact) mass is 288 g/mol. The summed E-state index contributed by atoms with van der Waals surface area (Å²) in [6.07, 6.45) is 16.5. The van der Waals surface area contributed by atoms with Gasteiger partial charge in [-0.15, -0.1) is 0 Å². The fourth-order valence-electron chi connectivity index (χ4n) is 2.23. The third kappa shape index (κ3) is 18.3. The quantitative estimate of drug-likeness (QED) is 0.346. The molecule has 0 heterocycles. The van der Waals surface area contributed by atoms with E-state index in [0.29, 0.717) is 5.65 Å². The average molecular weight is 288 g/mol. The highest BCUT2D eigenvalue weighted by Gasteiger charge is 2.04. The predicted molar refractivity (Wildman–Crippen MR) is 88.6 cm³/mol. The Kier molecular flexibility index (Phi) is 16.7. The standard InChI is InChI=1S/C15H33BO2S/c1-2-3-4-5-6-7-8-9-10-11-12-13-14-19-15-16(17)18/h17-18H,2-15H2,1H3. The van der Waals surface area contributed by atoms with Crippen LogP contribution < -0.4 is 0 Å². The van der Waals surface area contributed by atoms with E-state index in [1.165, 1.54) is 77.0 Å². The highest BCUT2D eigenvalue weighted by molar-refractivity contribution is 8.00.